The molecule has 1 saturated carbocycles. The second-order valence-corrected chi connectivity index (χ2v) is 9.19. The lowest BCUT2D eigenvalue weighted by Crippen LogP contribution is -2.29. The van der Waals surface area contributed by atoms with Gasteiger partial charge in [0, 0.05) is 27.9 Å². The van der Waals surface area contributed by atoms with Crippen LogP contribution < -0.4 is 0 Å². The van der Waals surface area contributed by atoms with E-state index < -0.39 is 11.9 Å². The molecule has 2 aromatic heterocycles. The SMILES string of the molecule is O=C(O)[C@H]1CN(C(=O)c2cc3sc4ccccc4c3s2)C[C@@H]1C1CC1. The third-order valence-corrected chi connectivity index (χ3v) is 7.86. The molecule has 1 aromatic carbocycles. The van der Waals surface area contributed by atoms with Crippen LogP contribution in [0.2, 0.25) is 0 Å². The molecule has 1 saturated heterocycles. The fraction of sp³-hybridized carbons (Fsp3) is 0.368. The molecule has 3 aromatic rings. The second-order valence-electron chi connectivity index (χ2n) is 7.06. The monoisotopic (exact) mass is 371 g/mol. The summed E-state index contributed by atoms with van der Waals surface area (Å²) in [6, 6.07) is 10.2. The minimum atomic E-state index is -0.759. The van der Waals surface area contributed by atoms with Crippen molar-refractivity contribution in [2.45, 2.75) is 12.8 Å². The van der Waals surface area contributed by atoms with Crippen molar-refractivity contribution in [3.8, 4) is 0 Å². The van der Waals surface area contributed by atoms with Crippen LogP contribution in [-0.2, 0) is 4.79 Å². The van der Waals surface area contributed by atoms with E-state index in [0.717, 1.165) is 27.1 Å². The van der Waals surface area contributed by atoms with Crippen LogP contribution in [0.1, 0.15) is 22.5 Å². The van der Waals surface area contributed by atoms with Gasteiger partial charge in [-0.3, -0.25) is 9.59 Å². The van der Waals surface area contributed by atoms with Gasteiger partial charge < -0.3 is 10.0 Å². The van der Waals surface area contributed by atoms with Crippen LogP contribution in [0.5, 0.6) is 0 Å². The lowest BCUT2D eigenvalue weighted by molar-refractivity contribution is -0.142. The van der Waals surface area contributed by atoms with Gasteiger partial charge in [0.25, 0.3) is 5.91 Å². The average molecular weight is 371 g/mol. The van der Waals surface area contributed by atoms with E-state index in [4.69, 9.17) is 0 Å². The van der Waals surface area contributed by atoms with Crippen molar-refractivity contribution in [2.75, 3.05) is 13.1 Å². The van der Waals surface area contributed by atoms with Crippen LogP contribution in [0.15, 0.2) is 30.3 Å². The number of carboxylic acid groups (broad SMARTS) is 1. The largest absolute Gasteiger partial charge is 0.481 e. The highest BCUT2D eigenvalue weighted by molar-refractivity contribution is 7.33. The first-order valence-corrected chi connectivity index (χ1v) is 10.2. The Bertz CT molecular complexity index is 1000. The van der Waals surface area contributed by atoms with Crippen LogP contribution in [0, 0.1) is 17.8 Å². The molecule has 1 aliphatic heterocycles. The predicted molar refractivity (Wildman–Crippen MR) is 100 cm³/mol. The van der Waals surface area contributed by atoms with Gasteiger partial charge in [-0.05, 0) is 36.8 Å². The number of rotatable bonds is 3. The fourth-order valence-corrected chi connectivity index (χ4v) is 6.51. The summed E-state index contributed by atoms with van der Waals surface area (Å²) >= 11 is 3.24. The van der Waals surface area contributed by atoms with Crippen LogP contribution in [0.4, 0.5) is 0 Å². The Morgan fingerprint density at radius 1 is 1.08 bits per heavy atom. The molecule has 25 heavy (non-hydrogen) atoms. The number of nitrogens with zero attached hydrogens (tertiary/aromatic N) is 1. The first-order chi connectivity index (χ1) is 12.1. The number of carbonyl (C=O) groups is 2. The molecule has 1 amide bonds. The Kier molecular flexibility index (Phi) is 3.40. The molecule has 0 unspecified atom stereocenters. The molecule has 2 aliphatic rings. The number of benzene rings is 1. The molecule has 6 heteroatoms. The van der Waals surface area contributed by atoms with Crippen LogP contribution in [0.25, 0.3) is 19.5 Å². The van der Waals surface area contributed by atoms with Gasteiger partial charge in [0.05, 0.1) is 15.5 Å². The summed E-state index contributed by atoms with van der Waals surface area (Å²) in [6.45, 7) is 0.939. The topological polar surface area (TPSA) is 57.6 Å². The first kappa shape index (κ1) is 15.3. The molecule has 1 aliphatic carbocycles. The maximum absolute atomic E-state index is 13.0. The maximum atomic E-state index is 13.0. The minimum absolute atomic E-state index is 0.00752. The molecule has 0 radical (unpaired) electrons. The number of hydrogen-bond acceptors (Lipinski definition) is 4. The van der Waals surface area contributed by atoms with Gasteiger partial charge in [0.1, 0.15) is 0 Å². The Balaban J connectivity index is 1.46. The summed E-state index contributed by atoms with van der Waals surface area (Å²) in [5, 5.41) is 10.7. The fourth-order valence-electron chi connectivity index (χ4n) is 4.02. The van der Waals surface area contributed by atoms with E-state index in [-0.39, 0.29) is 11.8 Å². The van der Waals surface area contributed by atoms with E-state index in [9.17, 15) is 14.7 Å². The van der Waals surface area contributed by atoms with E-state index >= 15 is 0 Å². The number of fused-ring (bicyclic) bond motifs is 3. The van der Waals surface area contributed by atoms with Crippen molar-refractivity contribution >= 4 is 54.0 Å². The van der Waals surface area contributed by atoms with Crippen molar-refractivity contribution in [1.29, 1.82) is 0 Å². The van der Waals surface area contributed by atoms with Gasteiger partial charge >= 0.3 is 5.97 Å². The van der Waals surface area contributed by atoms with Crippen molar-refractivity contribution in [1.82, 2.24) is 4.90 Å². The molecule has 2 fully saturated rings. The van der Waals surface area contributed by atoms with Gasteiger partial charge in [-0.25, -0.2) is 0 Å². The first-order valence-electron chi connectivity index (χ1n) is 8.55. The molecule has 5 rings (SSSR count). The number of thiophene rings is 2. The third-order valence-electron chi connectivity index (χ3n) is 5.46. The number of hydrogen-bond donors (Lipinski definition) is 1. The molecule has 1 N–H and O–H groups in total. The molecule has 3 heterocycles. The van der Waals surface area contributed by atoms with Gasteiger partial charge in [0.15, 0.2) is 0 Å². The standard InChI is InChI=1S/C19H17NO3S2/c21-18(20-8-12(10-5-6-10)13(9-20)19(22)23)16-7-15-17(25-16)11-3-1-2-4-14(11)24-15/h1-4,7,10,12-13H,5-6,8-9H2,(H,22,23)/t12-,13+/m1/s1. The van der Waals surface area contributed by atoms with Gasteiger partial charge in [0.2, 0.25) is 0 Å². The summed E-state index contributed by atoms with van der Waals surface area (Å²) in [4.78, 5) is 27.0. The van der Waals surface area contributed by atoms with Gasteiger partial charge in [-0.15, -0.1) is 22.7 Å². The normalized spacial score (nSPS) is 23.6. The Morgan fingerprint density at radius 2 is 1.88 bits per heavy atom. The highest BCUT2D eigenvalue weighted by Crippen LogP contribution is 2.45. The Morgan fingerprint density at radius 3 is 2.64 bits per heavy atom. The summed E-state index contributed by atoms with van der Waals surface area (Å²) in [6.07, 6.45) is 2.22. The van der Waals surface area contributed by atoms with Crippen molar-refractivity contribution in [3.63, 3.8) is 0 Å². The lowest BCUT2D eigenvalue weighted by atomic mass is 9.92. The zero-order valence-electron chi connectivity index (χ0n) is 13.5. The predicted octanol–water partition coefficient (Wildman–Crippen LogP) is 4.30. The average Bonchev–Trinajstić information content (AvgIpc) is 3.07. The number of carbonyl (C=O) groups excluding carboxylic acids is 1. The molecule has 0 bridgehead atoms. The summed E-state index contributed by atoms with van der Waals surface area (Å²) in [5.41, 5.74) is 0. The maximum Gasteiger partial charge on any atom is 0.308 e. The van der Waals surface area contributed by atoms with E-state index in [0.29, 0.717) is 19.0 Å². The smallest absolute Gasteiger partial charge is 0.308 e. The van der Waals surface area contributed by atoms with Crippen LogP contribution >= 0.6 is 22.7 Å². The Labute approximate surface area is 152 Å². The van der Waals surface area contributed by atoms with E-state index in [1.165, 1.54) is 21.4 Å². The zero-order chi connectivity index (χ0) is 17.1. The molecule has 2 atom stereocenters. The highest BCUT2D eigenvalue weighted by atomic mass is 32.1. The molecular formula is C19H17NO3S2. The third kappa shape index (κ3) is 2.47. The number of likely N-dealkylation sites (tertiary alicyclic amines) is 1. The second kappa shape index (κ2) is 5.54. The van der Waals surface area contributed by atoms with E-state index in [2.05, 4.69) is 12.1 Å². The zero-order valence-corrected chi connectivity index (χ0v) is 15.1. The summed E-state index contributed by atoms with van der Waals surface area (Å²) < 4.78 is 3.54. The van der Waals surface area contributed by atoms with Crippen LogP contribution in [0.3, 0.4) is 0 Å². The quantitative estimate of drug-likeness (QED) is 0.747. The Hall–Kier alpha value is -1.92. The lowest BCUT2D eigenvalue weighted by Gasteiger charge is -2.15. The van der Waals surface area contributed by atoms with Gasteiger partial charge in [-0.1, -0.05) is 18.2 Å². The summed E-state index contributed by atoms with van der Waals surface area (Å²) in [5.74, 6) is -0.548. The number of amides is 1. The van der Waals surface area contributed by atoms with Crippen molar-refractivity contribution < 1.29 is 14.7 Å². The number of carboxylic acids is 1. The highest BCUT2D eigenvalue weighted by Gasteiger charge is 2.47. The number of aliphatic carboxylic acids is 1. The van der Waals surface area contributed by atoms with E-state index in [1.54, 1.807) is 16.2 Å². The molecular weight excluding hydrogens is 354 g/mol. The van der Waals surface area contributed by atoms with Crippen molar-refractivity contribution in [2.24, 2.45) is 17.8 Å². The van der Waals surface area contributed by atoms with Crippen LogP contribution in [-0.4, -0.2) is 35.0 Å². The molecule has 4 nitrogen and oxygen atoms in total. The van der Waals surface area contributed by atoms with E-state index in [1.807, 2.05) is 18.2 Å². The molecule has 0 spiro atoms. The molecule has 128 valence electrons. The minimum Gasteiger partial charge on any atom is -0.481 e. The summed E-state index contributed by atoms with van der Waals surface area (Å²) in [7, 11) is 0. The van der Waals surface area contributed by atoms with Crippen molar-refractivity contribution in [3.05, 3.63) is 35.2 Å². The van der Waals surface area contributed by atoms with Gasteiger partial charge in [-0.2, -0.15) is 0 Å².